The number of carboxylic acid groups (broad SMARTS) is 1. The summed E-state index contributed by atoms with van der Waals surface area (Å²) in [7, 11) is 0. The summed E-state index contributed by atoms with van der Waals surface area (Å²) in [6, 6.07) is 9.32. The number of carboxylic acids is 1. The molecule has 0 aliphatic carbocycles. The molecular weight excluding hydrogens is 234 g/mol. The molecule has 4 heteroatoms. The van der Waals surface area contributed by atoms with Crippen LogP contribution in [0.3, 0.4) is 0 Å². The van der Waals surface area contributed by atoms with Gasteiger partial charge in [-0.3, -0.25) is 4.79 Å². The van der Waals surface area contributed by atoms with Crippen molar-refractivity contribution in [2.75, 3.05) is 5.75 Å². The van der Waals surface area contributed by atoms with Gasteiger partial charge in [0.05, 0.1) is 0 Å². The van der Waals surface area contributed by atoms with Crippen molar-refractivity contribution in [3.63, 3.8) is 0 Å². The topological polar surface area (TPSA) is 63.3 Å². The van der Waals surface area contributed by atoms with Crippen LogP contribution in [0.15, 0.2) is 30.3 Å². The highest BCUT2D eigenvalue weighted by Gasteiger charge is 2.32. The Morgan fingerprint density at radius 2 is 2.00 bits per heavy atom. The monoisotopic (exact) mass is 253 g/mol. The third kappa shape index (κ3) is 4.40. The van der Waals surface area contributed by atoms with Gasteiger partial charge in [-0.15, -0.1) is 0 Å². The maximum absolute atomic E-state index is 10.8. The van der Waals surface area contributed by atoms with Gasteiger partial charge in [-0.25, -0.2) is 0 Å². The molecule has 0 spiro atoms. The fourth-order valence-electron chi connectivity index (χ4n) is 1.46. The summed E-state index contributed by atoms with van der Waals surface area (Å²) in [5.74, 6) is -0.0694. The highest BCUT2D eigenvalue weighted by atomic mass is 32.2. The summed E-state index contributed by atoms with van der Waals surface area (Å²) < 4.78 is -0.444. The SMILES string of the molecule is CC(C)(SCCc1ccccc1)[C@H](N)C(=O)O. The Kier molecular flexibility index (Phi) is 5.02. The van der Waals surface area contributed by atoms with E-state index in [0.29, 0.717) is 0 Å². The highest BCUT2D eigenvalue weighted by molar-refractivity contribution is 8.00. The van der Waals surface area contributed by atoms with E-state index in [1.807, 2.05) is 32.0 Å². The van der Waals surface area contributed by atoms with Gasteiger partial charge < -0.3 is 10.8 Å². The van der Waals surface area contributed by atoms with Gasteiger partial charge >= 0.3 is 5.97 Å². The molecule has 1 aromatic rings. The summed E-state index contributed by atoms with van der Waals surface area (Å²) in [6.45, 7) is 3.75. The van der Waals surface area contributed by atoms with Crippen LogP contribution in [-0.2, 0) is 11.2 Å². The number of thioether (sulfide) groups is 1. The molecule has 0 saturated carbocycles. The van der Waals surface area contributed by atoms with Crippen LogP contribution < -0.4 is 5.73 Å². The van der Waals surface area contributed by atoms with Crippen molar-refractivity contribution in [3.8, 4) is 0 Å². The molecule has 0 aliphatic rings. The Hall–Kier alpha value is -1.00. The molecule has 0 saturated heterocycles. The number of rotatable bonds is 6. The van der Waals surface area contributed by atoms with Gasteiger partial charge in [0, 0.05) is 4.75 Å². The second-order valence-electron chi connectivity index (χ2n) is 4.50. The Labute approximate surface area is 106 Å². The first kappa shape index (κ1) is 14.1. The van der Waals surface area contributed by atoms with E-state index in [1.165, 1.54) is 5.56 Å². The van der Waals surface area contributed by atoms with Crippen LogP contribution in [0.2, 0.25) is 0 Å². The van der Waals surface area contributed by atoms with E-state index in [-0.39, 0.29) is 0 Å². The number of hydrogen-bond acceptors (Lipinski definition) is 3. The third-order valence-corrected chi connectivity index (χ3v) is 4.13. The lowest BCUT2D eigenvalue weighted by molar-refractivity contribution is -0.139. The van der Waals surface area contributed by atoms with E-state index in [9.17, 15) is 4.79 Å². The molecular formula is C13H19NO2S. The quantitative estimate of drug-likeness (QED) is 0.815. The van der Waals surface area contributed by atoms with Crippen molar-refractivity contribution in [2.45, 2.75) is 31.1 Å². The molecule has 3 nitrogen and oxygen atoms in total. The number of carbonyl (C=O) groups is 1. The average Bonchev–Trinajstić information content (AvgIpc) is 2.29. The third-order valence-electron chi connectivity index (χ3n) is 2.72. The molecule has 0 heterocycles. The van der Waals surface area contributed by atoms with Crippen molar-refractivity contribution in [2.24, 2.45) is 5.73 Å². The normalized spacial score (nSPS) is 13.4. The number of hydrogen-bond donors (Lipinski definition) is 2. The smallest absolute Gasteiger partial charge is 0.321 e. The second kappa shape index (κ2) is 6.07. The molecule has 1 atom stereocenters. The van der Waals surface area contributed by atoms with Crippen molar-refractivity contribution >= 4 is 17.7 Å². The standard InChI is InChI=1S/C13H19NO2S/c1-13(2,11(14)12(15)16)17-9-8-10-6-4-3-5-7-10/h3-7,11H,8-9,14H2,1-2H3,(H,15,16)/t11-/m1/s1. The molecule has 0 unspecified atom stereocenters. The number of aryl methyl sites for hydroxylation is 1. The summed E-state index contributed by atoms with van der Waals surface area (Å²) in [5, 5.41) is 8.90. The molecule has 94 valence electrons. The molecule has 3 N–H and O–H groups in total. The summed E-state index contributed by atoms with van der Waals surface area (Å²) in [5.41, 5.74) is 6.92. The largest absolute Gasteiger partial charge is 0.480 e. The maximum atomic E-state index is 10.8. The van der Waals surface area contributed by atoms with Gasteiger partial charge in [0.2, 0.25) is 0 Å². The van der Waals surface area contributed by atoms with E-state index in [0.717, 1.165) is 12.2 Å². The molecule has 17 heavy (non-hydrogen) atoms. The molecule has 0 aromatic heterocycles. The number of nitrogens with two attached hydrogens (primary N) is 1. The van der Waals surface area contributed by atoms with Gasteiger partial charge in [0.25, 0.3) is 0 Å². The Balaban J connectivity index is 2.43. The zero-order valence-corrected chi connectivity index (χ0v) is 11.0. The van der Waals surface area contributed by atoms with Crippen molar-refractivity contribution < 1.29 is 9.90 Å². The van der Waals surface area contributed by atoms with E-state index >= 15 is 0 Å². The van der Waals surface area contributed by atoms with Crippen LogP contribution in [0, 0.1) is 0 Å². The predicted octanol–water partition coefficient (Wildman–Crippen LogP) is 2.15. The first-order valence-corrected chi connectivity index (χ1v) is 6.58. The van der Waals surface area contributed by atoms with E-state index < -0.39 is 16.8 Å². The fourth-order valence-corrected chi connectivity index (χ4v) is 2.61. The van der Waals surface area contributed by atoms with Gasteiger partial charge in [-0.1, -0.05) is 30.3 Å². The van der Waals surface area contributed by atoms with Crippen molar-refractivity contribution in [3.05, 3.63) is 35.9 Å². The molecule has 0 amide bonds. The van der Waals surface area contributed by atoms with Gasteiger partial charge in [-0.05, 0) is 31.6 Å². The van der Waals surface area contributed by atoms with Crippen molar-refractivity contribution in [1.82, 2.24) is 0 Å². The highest BCUT2D eigenvalue weighted by Crippen LogP contribution is 2.28. The number of aliphatic carboxylic acids is 1. The molecule has 0 bridgehead atoms. The molecule has 0 aliphatic heterocycles. The lowest BCUT2D eigenvalue weighted by Gasteiger charge is -2.27. The second-order valence-corrected chi connectivity index (χ2v) is 6.25. The van der Waals surface area contributed by atoms with Crippen LogP contribution in [-0.4, -0.2) is 27.6 Å². The minimum atomic E-state index is -0.942. The Morgan fingerprint density at radius 1 is 1.41 bits per heavy atom. The van der Waals surface area contributed by atoms with E-state index in [2.05, 4.69) is 12.1 Å². The first-order chi connectivity index (χ1) is 7.93. The van der Waals surface area contributed by atoms with E-state index in [4.69, 9.17) is 10.8 Å². The molecule has 0 fully saturated rings. The van der Waals surface area contributed by atoms with Crippen LogP contribution >= 0.6 is 11.8 Å². The van der Waals surface area contributed by atoms with Gasteiger partial charge in [0.1, 0.15) is 6.04 Å². The number of benzene rings is 1. The zero-order valence-electron chi connectivity index (χ0n) is 10.2. The molecule has 1 aromatic carbocycles. The van der Waals surface area contributed by atoms with Crippen LogP contribution in [0.5, 0.6) is 0 Å². The van der Waals surface area contributed by atoms with Crippen LogP contribution in [0.1, 0.15) is 19.4 Å². The van der Waals surface area contributed by atoms with Gasteiger partial charge in [0.15, 0.2) is 0 Å². The maximum Gasteiger partial charge on any atom is 0.321 e. The minimum absolute atomic E-state index is 0.444. The zero-order chi connectivity index (χ0) is 12.9. The lowest BCUT2D eigenvalue weighted by atomic mass is 10.1. The van der Waals surface area contributed by atoms with Crippen LogP contribution in [0.25, 0.3) is 0 Å². The van der Waals surface area contributed by atoms with Gasteiger partial charge in [-0.2, -0.15) is 11.8 Å². The first-order valence-electron chi connectivity index (χ1n) is 5.60. The predicted molar refractivity (Wildman–Crippen MR) is 72.3 cm³/mol. The minimum Gasteiger partial charge on any atom is -0.480 e. The average molecular weight is 253 g/mol. The van der Waals surface area contributed by atoms with Crippen LogP contribution in [0.4, 0.5) is 0 Å². The summed E-state index contributed by atoms with van der Waals surface area (Å²) >= 11 is 1.60. The van der Waals surface area contributed by atoms with Crippen molar-refractivity contribution in [1.29, 1.82) is 0 Å². The molecule has 0 radical (unpaired) electrons. The van der Waals surface area contributed by atoms with E-state index in [1.54, 1.807) is 11.8 Å². The molecule has 1 rings (SSSR count). The summed E-state index contributed by atoms with van der Waals surface area (Å²) in [6.07, 6.45) is 0.932. The lowest BCUT2D eigenvalue weighted by Crippen LogP contribution is -2.46. The Bertz CT molecular complexity index is 365. The summed E-state index contributed by atoms with van der Waals surface area (Å²) in [4.78, 5) is 10.8. The fraction of sp³-hybridized carbons (Fsp3) is 0.462. The Morgan fingerprint density at radius 3 is 2.53 bits per heavy atom.